The van der Waals surface area contributed by atoms with E-state index in [4.69, 9.17) is 0 Å². The molecule has 5 nitrogen and oxygen atoms in total. The van der Waals surface area contributed by atoms with Gasteiger partial charge in [0, 0.05) is 32.7 Å². The van der Waals surface area contributed by atoms with Crippen molar-refractivity contribution in [3.8, 4) is 0 Å². The number of anilines is 2. The molecular weight excluding hydrogens is 226 g/mol. The molecule has 2 N–H and O–H groups in total. The first-order valence-electron chi connectivity index (χ1n) is 6.48. The molecule has 5 heteroatoms. The molecule has 18 heavy (non-hydrogen) atoms. The molecule has 0 radical (unpaired) electrons. The van der Waals surface area contributed by atoms with Crippen LogP contribution in [0.4, 0.5) is 11.6 Å². The van der Waals surface area contributed by atoms with Crippen LogP contribution in [0.5, 0.6) is 0 Å². The second kappa shape index (κ2) is 7.16. The van der Waals surface area contributed by atoms with Crippen LogP contribution in [0.25, 0.3) is 0 Å². The smallest absolute Gasteiger partial charge is 0.134 e. The Morgan fingerprint density at radius 3 is 2.67 bits per heavy atom. The molecule has 0 amide bonds. The summed E-state index contributed by atoms with van der Waals surface area (Å²) < 4.78 is 0. The monoisotopic (exact) mass is 251 g/mol. The van der Waals surface area contributed by atoms with Gasteiger partial charge in [-0.1, -0.05) is 13.8 Å². The molecule has 0 saturated heterocycles. The van der Waals surface area contributed by atoms with Gasteiger partial charge in [0.2, 0.25) is 0 Å². The van der Waals surface area contributed by atoms with Crippen molar-refractivity contribution in [2.45, 2.75) is 20.8 Å². The van der Waals surface area contributed by atoms with Crippen molar-refractivity contribution in [3.05, 3.63) is 11.9 Å². The van der Waals surface area contributed by atoms with Crippen molar-refractivity contribution in [1.29, 1.82) is 0 Å². The second-order valence-corrected chi connectivity index (χ2v) is 4.96. The van der Waals surface area contributed by atoms with Gasteiger partial charge in [0.1, 0.15) is 17.5 Å². The zero-order valence-electron chi connectivity index (χ0n) is 12.1. The number of aryl methyl sites for hydroxylation is 1. The summed E-state index contributed by atoms with van der Waals surface area (Å²) in [5.74, 6) is 3.27. The van der Waals surface area contributed by atoms with E-state index in [1.807, 2.05) is 27.1 Å². The summed E-state index contributed by atoms with van der Waals surface area (Å²) in [6, 6.07) is 2.00. The van der Waals surface area contributed by atoms with Crippen molar-refractivity contribution in [1.82, 2.24) is 15.3 Å². The van der Waals surface area contributed by atoms with E-state index in [2.05, 4.69) is 39.3 Å². The fourth-order valence-electron chi connectivity index (χ4n) is 1.54. The van der Waals surface area contributed by atoms with Crippen LogP contribution >= 0.6 is 0 Å². The summed E-state index contributed by atoms with van der Waals surface area (Å²) in [5.41, 5.74) is 0. The van der Waals surface area contributed by atoms with Crippen molar-refractivity contribution < 1.29 is 0 Å². The molecule has 0 bridgehead atoms. The minimum atomic E-state index is 0.603. The van der Waals surface area contributed by atoms with E-state index < -0.39 is 0 Å². The van der Waals surface area contributed by atoms with Crippen molar-refractivity contribution in [2.24, 2.45) is 5.92 Å². The zero-order valence-corrected chi connectivity index (χ0v) is 12.1. The number of likely N-dealkylation sites (N-methyl/N-ethyl adjacent to an activating group) is 2. The summed E-state index contributed by atoms with van der Waals surface area (Å²) >= 11 is 0. The van der Waals surface area contributed by atoms with Crippen molar-refractivity contribution in [3.63, 3.8) is 0 Å². The maximum absolute atomic E-state index is 4.46. The lowest BCUT2D eigenvalue weighted by molar-refractivity contribution is 0.686. The number of nitrogens with one attached hydrogen (secondary N) is 2. The van der Waals surface area contributed by atoms with Gasteiger partial charge < -0.3 is 15.5 Å². The molecular formula is C13H25N5. The summed E-state index contributed by atoms with van der Waals surface area (Å²) in [7, 11) is 4.00. The highest BCUT2D eigenvalue weighted by molar-refractivity contribution is 5.48. The Morgan fingerprint density at radius 2 is 2.06 bits per heavy atom. The van der Waals surface area contributed by atoms with Crippen molar-refractivity contribution in [2.75, 3.05) is 43.9 Å². The normalized spacial score (nSPS) is 10.8. The predicted octanol–water partition coefficient (Wildman–Crippen LogP) is 1.51. The third kappa shape index (κ3) is 4.87. The summed E-state index contributed by atoms with van der Waals surface area (Å²) in [6.45, 7) is 9.08. The van der Waals surface area contributed by atoms with Gasteiger partial charge in [-0.05, 0) is 19.9 Å². The second-order valence-electron chi connectivity index (χ2n) is 4.96. The first kappa shape index (κ1) is 14.7. The van der Waals surface area contributed by atoms with Crippen LogP contribution in [0.3, 0.4) is 0 Å². The first-order chi connectivity index (χ1) is 8.52. The highest BCUT2D eigenvalue weighted by Crippen LogP contribution is 2.14. The number of hydrogen-bond donors (Lipinski definition) is 2. The molecule has 1 rings (SSSR count). The fourth-order valence-corrected chi connectivity index (χ4v) is 1.54. The van der Waals surface area contributed by atoms with Crippen LogP contribution in [-0.4, -0.2) is 43.7 Å². The standard InChI is InChI=1S/C13H25N5/c1-10(2)9-15-12-8-13(17-11(3)16-12)18(5)7-6-14-4/h8,10,14H,6-7,9H2,1-5H3,(H,15,16,17). The van der Waals surface area contributed by atoms with E-state index in [1.165, 1.54) is 0 Å². The molecule has 0 aromatic carbocycles. The Balaban J connectivity index is 2.73. The van der Waals surface area contributed by atoms with Crippen LogP contribution in [-0.2, 0) is 0 Å². The Hall–Kier alpha value is -1.36. The van der Waals surface area contributed by atoms with Crippen LogP contribution in [0.15, 0.2) is 6.07 Å². The van der Waals surface area contributed by atoms with Crippen LogP contribution in [0.1, 0.15) is 19.7 Å². The van der Waals surface area contributed by atoms with Crippen LogP contribution in [0.2, 0.25) is 0 Å². The largest absolute Gasteiger partial charge is 0.370 e. The number of nitrogens with zero attached hydrogens (tertiary/aromatic N) is 3. The van der Waals surface area contributed by atoms with Gasteiger partial charge in [0.15, 0.2) is 0 Å². The van der Waals surface area contributed by atoms with Gasteiger partial charge in [-0.15, -0.1) is 0 Å². The van der Waals surface area contributed by atoms with E-state index in [9.17, 15) is 0 Å². The molecule has 0 unspecified atom stereocenters. The number of aromatic nitrogens is 2. The highest BCUT2D eigenvalue weighted by Gasteiger charge is 2.06. The van der Waals surface area contributed by atoms with Gasteiger partial charge in [0.05, 0.1) is 0 Å². The molecule has 0 aliphatic rings. The Morgan fingerprint density at radius 1 is 1.33 bits per heavy atom. The molecule has 1 aromatic rings. The third-order valence-corrected chi connectivity index (χ3v) is 2.60. The summed E-state index contributed by atoms with van der Waals surface area (Å²) in [6.07, 6.45) is 0. The van der Waals surface area contributed by atoms with Gasteiger partial charge in [-0.2, -0.15) is 0 Å². The Kier molecular flexibility index (Phi) is 5.85. The highest BCUT2D eigenvalue weighted by atomic mass is 15.2. The average molecular weight is 251 g/mol. The minimum Gasteiger partial charge on any atom is -0.370 e. The number of hydrogen-bond acceptors (Lipinski definition) is 5. The van der Waals surface area contributed by atoms with Crippen LogP contribution in [0, 0.1) is 12.8 Å². The molecule has 0 spiro atoms. The minimum absolute atomic E-state index is 0.603. The molecule has 102 valence electrons. The van der Waals surface area contributed by atoms with E-state index in [0.717, 1.165) is 37.1 Å². The van der Waals surface area contributed by atoms with Gasteiger partial charge in [0.25, 0.3) is 0 Å². The maximum Gasteiger partial charge on any atom is 0.134 e. The lowest BCUT2D eigenvalue weighted by Gasteiger charge is -2.19. The predicted molar refractivity (Wildman–Crippen MR) is 77.3 cm³/mol. The molecule has 0 saturated carbocycles. The van der Waals surface area contributed by atoms with Gasteiger partial charge >= 0.3 is 0 Å². The zero-order chi connectivity index (χ0) is 13.5. The molecule has 0 aliphatic carbocycles. The maximum atomic E-state index is 4.46. The third-order valence-electron chi connectivity index (χ3n) is 2.60. The first-order valence-corrected chi connectivity index (χ1v) is 6.48. The lowest BCUT2D eigenvalue weighted by atomic mass is 10.2. The molecule has 0 aliphatic heterocycles. The van der Waals surface area contributed by atoms with Crippen LogP contribution < -0.4 is 15.5 Å². The van der Waals surface area contributed by atoms with Crippen molar-refractivity contribution >= 4 is 11.6 Å². The molecule has 0 atom stereocenters. The molecule has 0 fully saturated rings. The molecule has 1 aromatic heterocycles. The Labute approximate surface area is 110 Å². The van der Waals surface area contributed by atoms with E-state index in [-0.39, 0.29) is 0 Å². The van der Waals surface area contributed by atoms with E-state index >= 15 is 0 Å². The Bertz CT molecular complexity index is 364. The van der Waals surface area contributed by atoms with E-state index in [1.54, 1.807) is 0 Å². The summed E-state index contributed by atoms with van der Waals surface area (Å²) in [4.78, 5) is 11.0. The summed E-state index contributed by atoms with van der Waals surface area (Å²) in [5, 5.41) is 6.48. The van der Waals surface area contributed by atoms with Gasteiger partial charge in [-0.25, -0.2) is 9.97 Å². The number of rotatable bonds is 7. The van der Waals surface area contributed by atoms with Gasteiger partial charge in [-0.3, -0.25) is 0 Å². The molecule has 1 heterocycles. The topological polar surface area (TPSA) is 53.1 Å². The quantitative estimate of drug-likeness (QED) is 0.769. The fraction of sp³-hybridized carbons (Fsp3) is 0.692. The average Bonchev–Trinajstić information content (AvgIpc) is 2.32. The SMILES string of the molecule is CNCCN(C)c1cc(NCC(C)C)nc(C)n1. The lowest BCUT2D eigenvalue weighted by Crippen LogP contribution is -2.28. The van der Waals surface area contributed by atoms with E-state index in [0.29, 0.717) is 5.92 Å².